The van der Waals surface area contributed by atoms with E-state index in [-0.39, 0.29) is 0 Å². The quantitative estimate of drug-likeness (QED) is 0.414. The van der Waals surface area contributed by atoms with Crippen LogP contribution in [0, 0.1) is 0 Å². The van der Waals surface area contributed by atoms with Crippen LogP contribution >= 0.6 is 11.3 Å². The number of nitrogens with one attached hydrogen (secondary N) is 2. The van der Waals surface area contributed by atoms with E-state index in [1.165, 1.54) is 4.88 Å². The summed E-state index contributed by atoms with van der Waals surface area (Å²) in [7, 11) is 0. The predicted octanol–water partition coefficient (Wildman–Crippen LogP) is 3.93. The van der Waals surface area contributed by atoms with Crippen LogP contribution in [0.1, 0.15) is 34.9 Å². The van der Waals surface area contributed by atoms with Crippen molar-refractivity contribution < 1.29 is 4.74 Å². The zero-order valence-corrected chi connectivity index (χ0v) is 17.7. The highest BCUT2D eigenvalue weighted by Crippen LogP contribution is 2.17. The summed E-state index contributed by atoms with van der Waals surface area (Å²) in [6, 6.07) is 14.0. The molecule has 3 aromatic rings. The Morgan fingerprint density at radius 2 is 1.93 bits per heavy atom. The second-order valence-corrected chi connectivity index (χ2v) is 7.56. The van der Waals surface area contributed by atoms with Gasteiger partial charge in [0.25, 0.3) is 0 Å². The smallest absolute Gasteiger partial charge is 0.218 e. The van der Waals surface area contributed by atoms with E-state index in [0.29, 0.717) is 25.6 Å². The number of nitrogens with zero attached hydrogens (tertiary/aromatic N) is 3. The normalized spacial score (nSPS) is 11.3. The van der Waals surface area contributed by atoms with Crippen LogP contribution < -0.4 is 15.4 Å². The molecule has 0 atom stereocenters. The van der Waals surface area contributed by atoms with Gasteiger partial charge < -0.3 is 15.4 Å². The first-order chi connectivity index (χ1) is 14.3. The highest BCUT2D eigenvalue weighted by Gasteiger charge is 2.07. The van der Waals surface area contributed by atoms with Crippen molar-refractivity contribution in [2.75, 3.05) is 6.54 Å². The monoisotopic (exact) mass is 409 g/mol. The van der Waals surface area contributed by atoms with Gasteiger partial charge in [-0.25, -0.2) is 15.0 Å². The van der Waals surface area contributed by atoms with Gasteiger partial charge in [-0.2, -0.15) is 0 Å². The SMILES string of the molecule is CCNC(=NCc1cccnc1OCc1ccccc1)NCc1ncc(CC)s1. The van der Waals surface area contributed by atoms with Gasteiger partial charge in [0, 0.05) is 29.4 Å². The second-order valence-electron chi connectivity index (χ2n) is 6.36. The molecule has 29 heavy (non-hydrogen) atoms. The molecule has 2 N–H and O–H groups in total. The Morgan fingerprint density at radius 3 is 2.69 bits per heavy atom. The van der Waals surface area contributed by atoms with Crippen LogP contribution in [0.25, 0.3) is 0 Å². The maximum atomic E-state index is 5.93. The topological polar surface area (TPSA) is 71.4 Å². The minimum absolute atomic E-state index is 0.478. The van der Waals surface area contributed by atoms with Crippen molar-refractivity contribution in [2.45, 2.75) is 40.0 Å². The van der Waals surface area contributed by atoms with Crippen molar-refractivity contribution >= 4 is 17.3 Å². The number of rotatable bonds is 9. The zero-order valence-electron chi connectivity index (χ0n) is 16.9. The lowest BCUT2D eigenvalue weighted by Gasteiger charge is -2.12. The molecule has 3 rings (SSSR count). The number of aromatic nitrogens is 2. The molecule has 6 nitrogen and oxygen atoms in total. The standard InChI is InChI=1S/C22H27N5OS/c1-3-19-14-25-20(29-19)15-27-22(23-4-2)26-13-18-11-8-12-24-21(18)28-16-17-9-6-5-7-10-17/h5-12,14H,3-4,13,15-16H2,1-2H3,(H2,23,26,27). The third-order valence-corrected chi connectivity index (χ3v) is 5.32. The largest absolute Gasteiger partial charge is 0.473 e. The first-order valence-corrected chi connectivity index (χ1v) is 10.7. The first kappa shape index (κ1) is 20.8. The van der Waals surface area contributed by atoms with Gasteiger partial charge in [0.05, 0.1) is 13.1 Å². The number of aliphatic imine (C=N–C) groups is 1. The molecule has 1 aromatic carbocycles. The molecule has 0 radical (unpaired) electrons. The van der Waals surface area contributed by atoms with Crippen LogP contribution in [-0.2, 0) is 26.1 Å². The van der Waals surface area contributed by atoms with Gasteiger partial charge in [0.15, 0.2) is 5.96 Å². The predicted molar refractivity (Wildman–Crippen MR) is 118 cm³/mol. The van der Waals surface area contributed by atoms with E-state index in [0.717, 1.165) is 35.1 Å². The Labute approximate surface area is 176 Å². The minimum atomic E-state index is 0.478. The third-order valence-electron chi connectivity index (χ3n) is 4.18. The molecule has 0 aliphatic rings. The molecule has 0 bridgehead atoms. The van der Waals surface area contributed by atoms with Gasteiger partial charge in [-0.15, -0.1) is 11.3 Å². The number of hydrogen-bond acceptors (Lipinski definition) is 5. The second kappa shape index (κ2) is 11.2. The molecule has 7 heteroatoms. The number of thiazole rings is 1. The Morgan fingerprint density at radius 1 is 1.07 bits per heavy atom. The molecule has 0 saturated carbocycles. The van der Waals surface area contributed by atoms with E-state index in [9.17, 15) is 0 Å². The van der Waals surface area contributed by atoms with Gasteiger partial charge in [-0.1, -0.05) is 43.3 Å². The summed E-state index contributed by atoms with van der Waals surface area (Å²) in [5, 5.41) is 7.68. The fourth-order valence-electron chi connectivity index (χ4n) is 2.66. The molecule has 0 spiro atoms. The summed E-state index contributed by atoms with van der Waals surface area (Å²) in [6.45, 7) is 6.59. The Bertz CT molecular complexity index is 910. The van der Waals surface area contributed by atoms with Gasteiger partial charge >= 0.3 is 0 Å². The van der Waals surface area contributed by atoms with Crippen LogP contribution in [0.2, 0.25) is 0 Å². The molecule has 2 heterocycles. The molecular weight excluding hydrogens is 382 g/mol. The zero-order chi connectivity index (χ0) is 20.3. The summed E-state index contributed by atoms with van der Waals surface area (Å²) < 4.78 is 5.93. The molecular formula is C22H27N5OS. The van der Waals surface area contributed by atoms with Gasteiger partial charge in [0.2, 0.25) is 5.88 Å². The average molecular weight is 410 g/mol. The minimum Gasteiger partial charge on any atom is -0.473 e. The maximum absolute atomic E-state index is 5.93. The molecule has 0 saturated heterocycles. The summed E-state index contributed by atoms with van der Waals surface area (Å²) in [5.74, 6) is 1.36. The highest BCUT2D eigenvalue weighted by molar-refractivity contribution is 7.11. The molecule has 0 amide bonds. The Balaban J connectivity index is 1.62. The third kappa shape index (κ3) is 6.57. The molecule has 0 unspecified atom stereocenters. The number of hydrogen-bond donors (Lipinski definition) is 2. The molecule has 0 aliphatic carbocycles. The fourth-order valence-corrected chi connectivity index (χ4v) is 3.46. The van der Waals surface area contributed by atoms with E-state index in [1.54, 1.807) is 17.5 Å². The van der Waals surface area contributed by atoms with E-state index < -0.39 is 0 Å². The number of aryl methyl sites for hydroxylation is 1. The number of ether oxygens (including phenoxy) is 1. The lowest BCUT2D eigenvalue weighted by molar-refractivity contribution is 0.290. The van der Waals surface area contributed by atoms with Crippen molar-refractivity contribution in [1.29, 1.82) is 0 Å². The fraction of sp³-hybridized carbons (Fsp3) is 0.318. The summed E-state index contributed by atoms with van der Waals surface area (Å²) >= 11 is 1.73. The molecule has 0 aliphatic heterocycles. The van der Waals surface area contributed by atoms with Crippen LogP contribution in [0.5, 0.6) is 5.88 Å². The van der Waals surface area contributed by atoms with E-state index in [4.69, 9.17) is 9.73 Å². The van der Waals surface area contributed by atoms with Crippen molar-refractivity contribution in [3.8, 4) is 5.88 Å². The van der Waals surface area contributed by atoms with Crippen LogP contribution in [0.3, 0.4) is 0 Å². The van der Waals surface area contributed by atoms with E-state index in [2.05, 4.69) is 27.5 Å². The summed E-state index contributed by atoms with van der Waals surface area (Å²) in [4.78, 5) is 14.8. The molecule has 152 valence electrons. The number of benzene rings is 1. The van der Waals surface area contributed by atoms with E-state index in [1.807, 2.05) is 55.6 Å². The Kier molecular flexibility index (Phi) is 8.01. The first-order valence-electron chi connectivity index (χ1n) is 9.84. The van der Waals surface area contributed by atoms with Crippen molar-refractivity contribution in [2.24, 2.45) is 4.99 Å². The average Bonchev–Trinajstić information content (AvgIpc) is 3.24. The van der Waals surface area contributed by atoms with E-state index >= 15 is 0 Å². The van der Waals surface area contributed by atoms with Gasteiger partial charge in [-0.05, 0) is 25.0 Å². The van der Waals surface area contributed by atoms with Crippen molar-refractivity contribution in [3.05, 3.63) is 75.9 Å². The Hall–Kier alpha value is -2.93. The summed E-state index contributed by atoms with van der Waals surface area (Å²) in [6.07, 6.45) is 4.70. The molecule has 2 aromatic heterocycles. The van der Waals surface area contributed by atoms with Gasteiger partial charge in [-0.3, -0.25) is 0 Å². The van der Waals surface area contributed by atoms with Crippen molar-refractivity contribution in [1.82, 2.24) is 20.6 Å². The molecule has 0 fully saturated rings. The van der Waals surface area contributed by atoms with Crippen LogP contribution in [0.4, 0.5) is 0 Å². The lowest BCUT2D eigenvalue weighted by Crippen LogP contribution is -2.36. The summed E-state index contributed by atoms with van der Waals surface area (Å²) in [5.41, 5.74) is 2.06. The van der Waals surface area contributed by atoms with Crippen LogP contribution in [-0.4, -0.2) is 22.5 Å². The van der Waals surface area contributed by atoms with Gasteiger partial charge in [0.1, 0.15) is 11.6 Å². The maximum Gasteiger partial charge on any atom is 0.218 e. The number of pyridine rings is 1. The highest BCUT2D eigenvalue weighted by atomic mass is 32.1. The van der Waals surface area contributed by atoms with Crippen LogP contribution in [0.15, 0.2) is 59.9 Å². The lowest BCUT2D eigenvalue weighted by atomic mass is 10.2. The van der Waals surface area contributed by atoms with Crippen molar-refractivity contribution in [3.63, 3.8) is 0 Å². The number of guanidine groups is 1.